The highest BCUT2D eigenvalue weighted by Gasteiger charge is 2.44. The lowest BCUT2D eigenvalue weighted by molar-refractivity contribution is 0.541. The molecule has 1 unspecified atom stereocenters. The van der Waals surface area contributed by atoms with Crippen molar-refractivity contribution in [3.63, 3.8) is 0 Å². The summed E-state index contributed by atoms with van der Waals surface area (Å²) < 4.78 is 12.9. The van der Waals surface area contributed by atoms with E-state index in [0.717, 1.165) is 12.1 Å². The van der Waals surface area contributed by atoms with Crippen LogP contribution in [-0.4, -0.2) is 6.04 Å². The zero-order valence-electron chi connectivity index (χ0n) is 8.98. The first-order valence-electron chi connectivity index (χ1n) is 5.16. The molecule has 2 rings (SSSR count). The Balaban J connectivity index is 1.92. The average molecular weight is 228 g/mol. The number of benzene rings is 1. The van der Waals surface area contributed by atoms with Crippen LogP contribution >= 0.6 is 11.6 Å². The van der Waals surface area contributed by atoms with Gasteiger partial charge < -0.3 is 5.32 Å². The fraction of sp³-hybridized carbons (Fsp3) is 0.500. The highest BCUT2D eigenvalue weighted by Crippen LogP contribution is 2.44. The molecular formula is C12H15ClFN. The van der Waals surface area contributed by atoms with Crippen LogP contribution in [0.15, 0.2) is 18.2 Å². The highest BCUT2D eigenvalue weighted by molar-refractivity contribution is 6.30. The molecule has 1 aromatic carbocycles. The Kier molecular flexibility index (Phi) is 2.73. The average Bonchev–Trinajstić information content (AvgIpc) is 2.77. The fourth-order valence-electron chi connectivity index (χ4n) is 1.71. The van der Waals surface area contributed by atoms with Gasteiger partial charge in [0.1, 0.15) is 5.82 Å². The van der Waals surface area contributed by atoms with Crippen molar-refractivity contribution in [2.45, 2.75) is 32.9 Å². The molecular weight excluding hydrogens is 213 g/mol. The van der Waals surface area contributed by atoms with Crippen LogP contribution in [0.5, 0.6) is 0 Å². The summed E-state index contributed by atoms with van der Waals surface area (Å²) in [5, 5.41) is 3.63. The van der Waals surface area contributed by atoms with Crippen molar-refractivity contribution in [3.05, 3.63) is 34.6 Å². The van der Waals surface area contributed by atoms with Crippen molar-refractivity contribution in [2.75, 3.05) is 0 Å². The smallest absolute Gasteiger partial charge is 0.141 e. The van der Waals surface area contributed by atoms with Crippen LogP contribution in [0.1, 0.15) is 25.8 Å². The van der Waals surface area contributed by atoms with Crippen LogP contribution in [-0.2, 0) is 6.54 Å². The molecule has 82 valence electrons. The van der Waals surface area contributed by atoms with Gasteiger partial charge in [0.2, 0.25) is 0 Å². The third-order valence-electron chi connectivity index (χ3n) is 3.05. The molecule has 0 radical (unpaired) electrons. The van der Waals surface area contributed by atoms with Crippen LogP contribution in [0.2, 0.25) is 5.02 Å². The standard InChI is InChI=1S/C12H15ClFN/c1-12(2)6-11(12)15-7-8-3-4-10(14)9(13)5-8/h3-5,11,15H,6-7H2,1-2H3. The molecule has 0 aliphatic heterocycles. The molecule has 1 atom stereocenters. The Morgan fingerprint density at radius 3 is 2.73 bits per heavy atom. The minimum Gasteiger partial charge on any atom is -0.309 e. The summed E-state index contributed by atoms with van der Waals surface area (Å²) in [6, 6.07) is 5.45. The Hall–Kier alpha value is -0.600. The van der Waals surface area contributed by atoms with Crippen molar-refractivity contribution in [1.29, 1.82) is 0 Å². The number of hydrogen-bond donors (Lipinski definition) is 1. The van der Waals surface area contributed by atoms with E-state index in [1.54, 1.807) is 12.1 Å². The molecule has 1 saturated carbocycles. The Morgan fingerprint density at radius 2 is 2.20 bits per heavy atom. The van der Waals surface area contributed by atoms with Crippen molar-refractivity contribution in [2.24, 2.45) is 5.41 Å². The highest BCUT2D eigenvalue weighted by atomic mass is 35.5. The Bertz CT molecular complexity index is 376. The van der Waals surface area contributed by atoms with Gasteiger partial charge in [-0.25, -0.2) is 4.39 Å². The molecule has 0 amide bonds. The molecule has 1 fully saturated rings. The van der Waals surface area contributed by atoms with Gasteiger partial charge in [0.15, 0.2) is 0 Å². The number of halogens is 2. The van der Waals surface area contributed by atoms with Gasteiger partial charge in [0, 0.05) is 12.6 Å². The first-order valence-corrected chi connectivity index (χ1v) is 5.54. The summed E-state index contributed by atoms with van der Waals surface area (Å²) in [5.74, 6) is -0.354. The number of nitrogens with one attached hydrogen (secondary N) is 1. The maximum absolute atomic E-state index is 12.9. The molecule has 15 heavy (non-hydrogen) atoms. The maximum atomic E-state index is 12.9. The summed E-state index contributed by atoms with van der Waals surface area (Å²) in [7, 11) is 0. The van der Waals surface area contributed by atoms with Gasteiger partial charge in [-0.2, -0.15) is 0 Å². The quantitative estimate of drug-likeness (QED) is 0.835. The largest absolute Gasteiger partial charge is 0.309 e. The summed E-state index contributed by atoms with van der Waals surface area (Å²) in [6.07, 6.45) is 1.21. The van der Waals surface area contributed by atoms with Crippen molar-refractivity contribution in [3.8, 4) is 0 Å². The summed E-state index contributed by atoms with van der Waals surface area (Å²) >= 11 is 5.70. The zero-order chi connectivity index (χ0) is 11.1. The van der Waals surface area contributed by atoms with Crippen molar-refractivity contribution >= 4 is 11.6 Å². The summed E-state index contributed by atoms with van der Waals surface area (Å²) in [4.78, 5) is 0. The Labute approximate surface area is 94.6 Å². The van der Waals surface area contributed by atoms with Crippen molar-refractivity contribution in [1.82, 2.24) is 5.32 Å². The molecule has 0 saturated heterocycles. The second-order valence-electron chi connectivity index (χ2n) is 4.87. The third-order valence-corrected chi connectivity index (χ3v) is 3.34. The van der Waals surface area contributed by atoms with E-state index < -0.39 is 0 Å². The van der Waals surface area contributed by atoms with Crippen LogP contribution in [0.25, 0.3) is 0 Å². The third kappa shape index (κ3) is 2.50. The monoisotopic (exact) mass is 227 g/mol. The molecule has 1 nitrogen and oxygen atoms in total. The minimum atomic E-state index is -0.354. The van der Waals surface area contributed by atoms with E-state index in [-0.39, 0.29) is 10.8 Å². The lowest BCUT2D eigenvalue weighted by atomic mass is 10.2. The maximum Gasteiger partial charge on any atom is 0.141 e. The van der Waals surface area contributed by atoms with Gasteiger partial charge in [-0.15, -0.1) is 0 Å². The molecule has 3 heteroatoms. The molecule has 1 aliphatic carbocycles. The molecule has 0 aromatic heterocycles. The summed E-state index contributed by atoms with van der Waals surface area (Å²) in [6.45, 7) is 5.23. The lowest BCUT2D eigenvalue weighted by Gasteiger charge is -2.07. The molecule has 1 aliphatic rings. The zero-order valence-corrected chi connectivity index (χ0v) is 9.74. The summed E-state index contributed by atoms with van der Waals surface area (Å²) in [5.41, 5.74) is 1.45. The first kappa shape index (κ1) is 10.9. The molecule has 0 spiro atoms. The van der Waals surface area contributed by atoms with E-state index in [9.17, 15) is 4.39 Å². The van der Waals surface area contributed by atoms with Crippen molar-refractivity contribution < 1.29 is 4.39 Å². The van der Waals surface area contributed by atoms with Gasteiger partial charge >= 0.3 is 0 Å². The molecule has 1 aromatic rings. The van der Waals surface area contributed by atoms with E-state index in [1.165, 1.54) is 12.5 Å². The fourth-order valence-corrected chi connectivity index (χ4v) is 1.91. The second kappa shape index (κ2) is 3.76. The van der Waals surface area contributed by atoms with E-state index >= 15 is 0 Å². The van der Waals surface area contributed by atoms with Gasteiger partial charge in [-0.05, 0) is 29.5 Å². The normalized spacial score (nSPS) is 22.8. The molecule has 0 bridgehead atoms. The Morgan fingerprint density at radius 1 is 1.53 bits per heavy atom. The topological polar surface area (TPSA) is 12.0 Å². The van der Waals surface area contributed by atoms with Gasteiger partial charge in [-0.3, -0.25) is 0 Å². The molecule has 1 N–H and O–H groups in total. The lowest BCUT2D eigenvalue weighted by Crippen LogP contribution is -2.19. The predicted octanol–water partition coefficient (Wildman–Crippen LogP) is 3.37. The molecule has 0 heterocycles. The number of hydrogen-bond acceptors (Lipinski definition) is 1. The van der Waals surface area contributed by atoms with E-state index in [2.05, 4.69) is 19.2 Å². The first-order chi connectivity index (χ1) is 6.99. The number of rotatable bonds is 3. The SMILES string of the molecule is CC1(C)CC1NCc1ccc(F)c(Cl)c1. The predicted molar refractivity (Wildman–Crippen MR) is 60.4 cm³/mol. The van der Waals surface area contributed by atoms with E-state index in [0.29, 0.717) is 11.5 Å². The van der Waals surface area contributed by atoms with Crippen LogP contribution in [0, 0.1) is 11.2 Å². The minimum absolute atomic E-state index is 0.198. The van der Waals surface area contributed by atoms with Crippen LogP contribution in [0.4, 0.5) is 4.39 Å². The van der Waals surface area contributed by atoms with Crippen LogP contribution < -0.4 is 5.32 Å². The van der Waals surface area contributed by atoms with Gasteiger partial charge in [0.25, 0.3) is 0 Å². The van der Waals surface area contributed by atoms with Gasteiger partial charge in [0.05, 0.1) is 5.02 Å². The van der Waals surface area contributed by atoms with Gasteiger partial charge in [-0.1, -0.05) is 31.5 Å². The van der Waals surface area contributed by atoms with Crippen LogP contribution in [0.3, 0.4) is 0 Å². The second-order valence-corrected chi connectivity index (χ2v) is 5.28. The van der Waals surface area contributed by atoms with E-state index in [1.807, 2.05) is 0 Å². The van der Waals surface area contributed by atoms with E-state index in [4.69, 9.17) is 11.6 Å².